The molecule has 0 radical (unpaired) electrons. The number of hydrogen-bond acceptors (Lipinski definition) is 6. The predicted octanol–water partition coefficient (Wildman–Crippen LogP) is 2.91. The summed E-state index contributed by atoms with van der Waals surface area (Å²) in [5.41, 5.74) is 1.24. The molecule has 0 spiro atoms. The Morgan fingerprint density at radius 3 is 2.43 bits per heavy atom. The molecule has 1 saturated heterocycles. The Morgan fingerprint density at radius 1 is 1.04 bits per heavy atom. The summed E-state index contributed by atoms with van der Waals surface area (Å²) in [7, 11) is 2.19. The van der Waals surface area contributed by atoms with E-state index >= 15 is 0 Å². The van der Waals surface area contributed by atoms with Gasteiger partial charge in [0.15, 0.2) is 5.82 Å². The molecule has 1 aromatic heterocycles. The van der Waals surface area contributed by atoms with E-state index < -0.39 is 0 Å². The minimum absolute atomic E-state index is 0.0845. The molecule has 2 aliphatic rings. The van der Waals surface area contributed by atoms with E-state index in [-0.39, 0.29) is 6.04 Å². The van der Waals surface area contributed by atoms with Crippen LogP contribution in [0.5, 0.6) is 5.75 Å². The predicted molar refractivity (Wildman–Crippen MR) is 108 cm³/mol. The normalized spacial score (nSPS) is 20.9. The van der Waals surface area contributed by atoms with Gasteiger partial charge in [-0.2, -0.15) is 0 Å². The van der Waals surface area contributed by atoms with E-state index in [1.54, 1.807) is 0 Å². The van der Waals surface area contributed by atoms with Gasteiger partial charge in [-0.15, -0.1) is 5.10 Å². The summed E-state index contributed by atoms with van der Waals surface area (Å²) in [6, 6.07) is 8.99. The average Bonchev–Trinajstić information content (AvgIpc) is 3.21. The number of nitrogens with zero attached hydrogens (tertiary/aromatic N) is 6. The lowest BCUT2D eigenvalue weighted by Gasteiger charge is -2.38. The van der Waals surface area contributed by atoms with E-state index in [0.717, 1.165) is 37.8 Å². The first-order chi connectivity index (χ1) is 13.8. The Labute approximate surface area is 167 Å². The highest BCUT2D eigenvalue weighted by Crippen LogP contribution is 2.34. The highest BCUT2D eigenvalue weighted by molar-refractivity contribution is 5.32. The van der Waals surface area contributed by atoms with Crippen molar-refractivity contribution in [1.29, 1.82) is 0 Å². The fraction of sp³-hybridized carbons (Fsp3) is 0.667. The molecule has 0 bridgehead atoms. The minimum Gasteiger partial charge on any atom is -0.494 e. The van der Waals surface area contributed by atoms with Crippen molar-refractivity contribution in [1.82, 2.24) is 30.0 Å². The molecule has 4 rings (SSSR count). The van der Waals surface area contributed by atoms with E-state index in [4.69, 9.17) is 4.74 Å². The number of benzene rings is 1. The largest absolute Gasteiger partial charge is 0.494 e. The quantitative estimate of drug-likeness (QED) is 0.763. The van der Waals surface area contributed by atoms with Crippen LogP contribution in [0.25, 0.3) is 0 Å². The summed E-state index contributed by atoms with van der Waals surface area (Å²) in [5, 5.41) is 13.1. The number of tetrazole rings is 1. The molecule has 0 amide bonds. The summed E-state index contributed by atoms with van der Waals surface area (Å²) in [6.07, 6.45) is 6.22. The van der Waals surface area contributed by atoms with Gasteiger partial charge in [0.25, 0.3) is 0 Å². The van der Waals surface area contributed by atoms with Crippen molar-refractivity contribution in [3.05, 3.63) is 35.7 Å². The SMILES string of the molecule is CCOc1ccc([C@@H](c2nnnn2C2CCCCC2)N2CCN(C)CC2)cc1. The fourth-order valence-electron chi connectivity index (χ4n) is 4.48. The fourth-order valence-corrected chi connectivity index (χ4v) is 4.48. The van der Waals surface area contributed by atoms with Gasteiger partial charge < -0.3 is 9.64 Å². The van der Waals surface area contributed by atoms with Crippen molar-refractivity contribution in [3.8, 4) is 5.75 Å². The van der Waals surface area contributed by atoms with Gasteiger partial charge in [-0.05, 0) is 54.9 Å². The van der Waals surface area contributed by atoms with Crippen LogP contribution in [-0.4, -0.2) is 69.8 Å². The number of hydrogen-bond donors (Lipinski definition) is 0. The molecular formula is C21H32N6O. The summed E-state index contributed by atoms with van der Waals surface area (Å²) >= 11 is 0. The van der Waals surface area contributed by atoms with Crippen molar-refractivity contribution >= 4 is 0 Å². The molecule has 0 N–H and O–H groups in total. The van der Waals surface area contributed by atoms with Crippen LogP contribution >= 0.6 is 0 Å². The number of aromatic nitrogens is 4. The Bertz CT molecular complexity index is 732. The van der Waals surface area contributed by atoms with Gasteiger partial charge in [-0.25, -0.2) is 4.68 Å². The second kappa shape index (κ2) is 9.01. The highest BCUT2D eigenvalue weighted by atomic mass is 16.5. The lowest BCUT2D eigenvalue weighted by Crippen LogP contribution is -2.46. The van der Waals surface area contributed by atoms with Gasteiger partial charge in [-0.3, -0.25) is 4.90 Å². The molecule has 1 aromatic carbocycles. The Hall–Kier alpha value is -1.99. The molecule has 1 aliphatic heterocycles. The number of ether oxygens (including phenoxy) is 1. The van der Waals surface area contributed by atoms with E-state index in [0.29, 0.717) is 12.6 Å². The zero-order valence-electron chi connectivity index (χ0n) is 17.1. The average molecular weight is 385 g/mol. The van der Waals surface area contributed by atoms with Crippen LogP contribution in [0, 0.1) is 0 Å². The molecule has 1 saturated carbocycles. The molecule has 7 heteroatoms. The Kier molecular flexibility index (Phi) is 6.22. The second-order valence-electron chi connectivity index (χ2n) is 8.02. The second-order valence-corrected chi connectivity index (χ2v) is 8.02. The monoisotopic (exact) mass is 384 g/mol. The third kappa shape index (κ3) is 4.20. The summed E-state index contributed by atoms with van der Waals surface area (Å²) in [4.78, 5) is 4.91. The van der Waals surface area contributed by atoms with Crippen molar-refractivity contribution in [2.75, 3.05) is 39.8 Å². The maximum Gasteiger partial charge on any atom is 0.173 e. The lowest BCUT2D eigenvalue weighted by atomic mass is 9.95. The van der Waals surface area contributed by atoms with Gasteiger partial charge in [-0.1, -0.05) is 31.4 Å². The number of piperazine rings is 1. The molecule has 2 heterocycles. The summed E-state index contributed by atoms with van der Waals surface area (Å²) in [5.74, 6) is 1.90. The maximum atomic E-state index is 5.64. The summed E-state index contributed by atoms with van der Waals surface area (Å²) < 4.78 is 7.77. The molecule has 28 heavy (non-hydrogen) atoms. The minimum atomic E-state index is 0.0845. The highest BCUT2D eigenvalue weighted by Gasteiger charge is 2.32. The molecule has 2 fully saturated rings. The zero-order valence-corrected chi connectivity index (χ0v) is 17.1. The molecule has 0 unspecified atom stereocenters. The topological polar surface area (TPSA) is 59.3 Å². The first-order valence-electron chi connectivity index (χ1n) is 10.7. The van der Waals surface area contributed by atoms with Gasteiger partial charge >= 0.3 is 0 Å². The molecular weight excluding hydrogens is 352 g/mol. The van der Waals surface area contributed by atoms with Crippen LogP contribution in [0.2, 0.25) is 0 Å². The van der Waals surface area contributed by atoms with Crippen molar-refractivity contribution in [2.24, 2.45) is 0 Å². The van der Waals surface area contributed by atoms with Crippen LogP contribution < -0.4 is 4.74 Å². The van der Waals surface area contributed by atoms with Crippen molar-refractivity contribution < 1.29 is 4.74 Å². The number of likely N-dealkylation sites (N-methyl/N-ethyl adjacent to an activating group) is 1. The van der Waals surface area contributed by atoms with Crippen LogP contribution in [0.1, 0.15) is 62.5 Å². The molecule has 1 atom stereocenters. The van der Waals surface area contributed by atoms with Crippen LogP contribution in [0.4, 0.5) is 0 Å². The van der Waals surface area contributed by atoms with Crippen LogP contribution in [0.3, 0.4) is 0 Å². The van der Waals surface area contributed by atoms with Gasteiger partial charge in [0.2, 0.25) is 0 Å². The van der Waals surface area contributed by atoms with E-state index in [9.17, 15) is 0 Å². The van der Waals surface area contributed by atoms with E-state index in [1.807, 2.05) is 6.92 Å². The van der Waals surface area contributed by atoms with E-state index in [2.05, 4.69) is 61.3 Å². The molecule has 7 nitrogen and oxygen atoms in total. The maximum absolute atomic E-state index is 5.64. The zero-order chi connectivity index (χ0) is 19.3. The lowest BCUT2D eigenvalue weighted by molar-refractivity contribution is 0.119. The van der Waals surface area contributed by atoms with Gasteiger partial charge in [0.1, 0.15) is 5.75 Å². The van der Waals surface area contributed by atoms with Gasteiger partial charge in [0.05, 0.1) is 18.7 Å². The molecule has 1 aliphatic carbocycles. The Balaban J connectivity index is 1.66. The van der Waals surface area contributed by atoms with E-state index in [1.165, 1.54) is 37.7 Å². The van der Waals surface area contributed by atoms with Crippen molar-refractivity contribution in [3.63, 3.8) is 0 Å². The third-order valence-corrected chi connectivity index (χ3v) is 6.09. The van der Waals surface area contributed by atoms with Crippen LogP contribution in [0.15, 0.2) is 24.3 Å². The Morgan fingerprint density at radius 2 is 1.75 bits per heavy atom. The summed E-state index contributed by atoms with van der Waals surface area (Å²) in [6.45, 7) is 6.87. The van der Waals surface area contributed by atoms with Gasteiger partial charge in [0, 0.05) is 26.2 Å². The van der Waals surface area contributed by atoms with Crippen LogP contribution in [-0.2, 0) is 0 Å². The third-order valence-electron chi connectivity index (χ3n) is 6.09. The van der Waals surface area contributed by atoms with Crippen molar-refractivity contribution in [2.45, 2.75) is 51.1 Å². The number of rotatable bonds is 6. The first kappa shape index (κ1) is 19.3. The standard InChI is InChI=1S/C21H32N6O/c1-3-28-19-11-9-17(10-12-19)20(26-15-13-25(2)14-16-26)21-22-23-24-27(21)18-7-5-4-6-8-18/h9-12,18,20H,3-8,13-16H2,1-2H3/t20-/m0/s1. The molecule has 2 aromatic rings. The molecule has 152 valence electrons. The smallest absolute Gasteiger partial charge is 0.173 e. The first-order valence-corrected chi connectivity index (χ1v) is 10.7.